The first-order valence-electron chi connectivity index (χ1n) is 6.95. The number of benzene rings is 1. The normalized spacial score (nSPS) is 10.5. The Morgan fingerprint density at radius 3 is 2.80 bits per heavy atom. The van der Waals surface area contributed by atoms with E-state index in [-0.39, 0.29) is 0 Å². The van der Waals surface area contributed by atoms with Gasteiger partial charge in [-0.15, -0.1) is 0 Å². The lowest BCUT2D eigenvalue weighted by Gasteiger charge is -2.10. The zero-order valence-electron chi connectivity index (χ0n) is 12.0. The second-order valence-corrected chi connectivity index (χ2v) is 4.59. The molecular weight excluding hydrogens is 254 g/mol. The minimum absolute atomic E-state index is 0.618. The number of aryl methyl sites for hydroxylation is 1. The zero-order valence-corrected chi connectivity index (χ0v) is 12.0. The van der Waals surface area contributed by atoms with Crippen molar-refractivity contribution < 1.29 is 9.47 Å². The first-order valence-corrected chi connectivity index (χ1v) is 6.95. The third kappa shape index (κ3) is 3.66. The first-order chi connectivity index (χ1) is 9.72. The first kappa shape index (κ1) is 14.2. The van der Waals surface area contributed by atoms with Crippen molar-refractivity contribution in [3.05, 3.63) is 30.6 Å². The molecule has 1 aromatic heterocycles. The molecule has 20 heavy (non-hydrogen) atoms. The van der Waals surface area contributed by atoms with Gasteiger partial charge in [0.15, 0.2) is 5.75 Å². The van der Waals surface area contributed by atoms with E-state index in [2.05, 4.69) is 18.9 Å². The Labute approximate surface area is 119 Å². The minimum Gasteiger partial charge on any atom is -0.491 e. The third-order valence-electron chi connectivity index (χ3n) is 2.74. The van der Waals surface area contributed by atoms with Crippen LogP contribution in [0, 0.1) is 0 Å². The van der Waals surface area contributed by atoms with Crippen LogP contribution in [0.15, 0.2) is 30.6 Å². The molecule has 0 fully saturated rings. The molecule has 0 saturated heterocycles. The quantitative estimate of drug-likeness (QED) is 0.786. The van der Waals surface area contributed by atoms with Crippen LogP contribution in [0.4, 0.5) is 5.69 Å². The molecule has 0 unspecified atom stereocenters. The van der Waals surface area contributed by atoms with Gasteiger partial charge in [-0.05, 0) is 25.0 Å². The molecule has 2 rings (SSSR count). The number of nitrogens with two attached hydrogens (primary N) is 1. The number of rotatable bonds is 7. The maximum Gasteiger partial charge on any atom is 0.165 e. The van der Waals surface area contributed by atoms with Crippen LogP contribution in [0.2, 0.25) is 0 Å². The summed E-state index contributed by atoms with van der Waals surface area (Å²) >= 11 is 0. The van der Waals surface area contributed by atoms with Gasteiger partial charge < -0.3 is 15.2 Å². The zero-order chi connectivity index (χ0) is 14.4. The molecule has 0 amide bonds. The Kier molecular flexibility index (Phi) is 4.87. The summed E-state index contributed by atoms with van der Waals surface area (Å²) in [5.74, 6) is 2.07. The molecule has 5 heteroatoms. The fourth-order valence-corrected chi connectivity index (χ4v) is 1.80. The van der Waals surface area contributed by atoms with Gasteiger partial charge in [-0.25, -0.2) is 0 Å². The largest absolute Gasteiger partial charge is 0.491 e. The van der Waals surface area contributed by atoms with Crippen LogP contribution in [0.1, 0.15) is 26.7 Å². The summed E-state index contributed by atoms with van der Waals surface area (Å²) in [4.78, 5) is 0. The topological polar surface area (TPSA) is 62.3 Å². The van der Waals surface area contributed by atoms with Crippen molar-refractivity contribution in [3.8, 4) is 17.2 Å². The summed E-state index contributed by atoms with van der Waals surface area (Å²) < 4.78 is 13.2. The van der Waals surface area contributed by atoms with Crippen molar-refractivity contribution in [1.82, 2.24) is 9.78 Å². The van der Waals surface area contributed by atoms with E-state index in [4.69, 9.17) is 15.2 Å². The molecule has 2 aromatic rings. The number of ether oxygens (including phenoxy) is 2. The molecule has 0 spiro atoms. The number of aromatic nitrogens is 2. The molecule has 0 aliphatic carbocycles. The van der Waals surface area contributed by atoms with Gasteiger partial charge in [0.1, 0.15) is 11.5 Å². The Morgan fingerprint density at radius 2 is 2.05 bits per heavy atom. The van der Waals surface area contributed by atoms with E-state index < -0.39 is 0 Å². The Bertz CT molecular complexity index is 552. The maximum absolute atomic E-state index is 5.87. The summed E-state index contributed by atoms with van der Waals surface area (Å²) in [5.41, 5.74) is 6.49. The fourth-order valence-electron chi connectivity index (χ4n) is 1.80. The van der Waals surface area contributed by atoms with Gasteiger partial charge in [-0.3, -0.25) is 4.68 Å². The Balaban J connectivity index is 2.07. The lowest BCUT2D eigenvalue weighted by molar-refractivity contribution is 0.317. The minimum atomic E-state index is 0.618. The molecule has 0 aliphatic rings. The number of hydrogen-bond acceptors (Lipinski definition) is 4. The van der Waals surface area contributed by atoms with Crippen LogP contribution in [0.25, 0.3) is 0 Å². The van der Waals surface area contributed by atoms with Gasteiger partial charge >= 0.3 is 0 Å². The van der Waals surface area contributed by atoms with Crippen molar-refractivity contribution in [1.29, 1.82) is 0 Å². The summed E-state index contributed by atoms with van der Waals surface area (Å²) in [6.07, 6.45) is 5.57. The van der Waals surface area contributed by atoms with E-state index in [0.29, 0.717) is 29.5 Å². The smallest absolute Gasteiger partial charge is 0.165 e. The summed E-state index contributed by atoms with van der Waals surface area (Å²) in [6, 6.07) is 5.42. The molecule has 1 heterocycles. The van der Waals surface area contributed by atoms with E-state index in [0.717, 1.165) is 19.4 Å². The number of anilines is 1. The van der Waals surface area contributed by atoms with Crippen molar-refractivity contribution in [2.24, 2.45) is 0 Å². The van der Waals surface area contributed by atoms with Gasteiger partial charge in [0, 0.05) is 12.6 Å². The van der Waals surface area contributed by atoms with E-state index in [1.54, 1.807) is 12.3 Å². The fraction of sp³-hybridized carbons (Fsp3) is 0.400. The van der Waals surface area contributed by atoms with Crippen molar-refractivity contribution in [2.45, 2.75) is 33.2 Å². The highest BCUT2D eigenvalue weighted by Gasteiger charge is 2.05. The third-order valence-corrected chi connectivity index (χ3v) is 2.74. The van der Waals surface area contributed by atoms with Gasteiger partial charge in [0.2, 0.25) is 0 Å². The average Bonchev–Trinajstić information content (AvgIpc) is 2.87. The predicted octanol–water partition coefficient (Wildman–Crippen LogP) is 3.46. The predicted molar refractivity (Wildman–Crippen MR) is 79.2 cm³/mol. The molecule has 108 valence electrons. The van der Waals surface area contributed by atoms with Crippen LogP contribution >= 0.6 is 0 Å². The molecule has 0 bridgehead atoms. The van der Waals surface area contributed by atoms with Crippen molar-refractivity contribution in [3.63, 3.8) is 0 Å². The highest BCUT2D eigenvalue weighted by Crippen LogP contribution is 2.30. The summed E-state index contributed by atoms with van der Waals surface area (Å²) in [7, 11) is 0. The van der Waals surface area contributed by atoms with E-state index >= 15 is 0 Å². The standard InChI is InChI=1S/C15H21N3O2/c1-3-7-18-11-13(10-17-18)20-12-5-6-14(16)15(9-12)19-8-4-2/h5-6,9-11H,3-4,7-8,16H2,1-2H3. The molecule has 5 nitrogen and oxygen atoms in total. The molecule has 0 atom stereocenters. The van der Waals surface area contributed by atoms with E-state index in [1.807, 2.05) is 23.0 Å². The van der Waals surface area contributed by atoms with Crippen LogP contribution in [0.3, 0.4) is 0 Å². The van der Waals surface area contributed by atoms with Crippen molar-refractivity contribution >= 4 is 5.69 Å². The van der Waals surface area contributed by atoms with E-state index in [1.165, 1.54) is 0 Å². The van der Waals surface area contributed by atoms with Crippen LogP contribution < -0.4 is 15.2 Å². The molecule has 0 radical (unpaired) electrons. The summed E-state index contributed by atoms with van der Waals surface area (Å²) in [5, 5.41) is 4.23. The lowest BCUT2D eigenvalue weighted by Crippen LogP contribution is -1.99. The second-order valence-electron chi connectivity index (χ2n) is 4.59. The highest BCUT2D eigenvalue weighted by molar-refractivity contribution is 5.56. The van der Waals surface area contributed by atoms with Crippen LogP contribution in [-0.4, -0.2) is 16.4 Å². The van der Waals surface area contributed by atoms with Gasteiger partial charge in [-0.2, -0.15) is 5.10 Å². The second kappa shape index (κ2) is 6.84. The summed E-state index contributed by atoms with van der Waals surface area (Å²) in [6.45, 7) is 5.69. The van der Waals surface area contributed by atoms with Crippen LogP contribution in [-0.2, 0) is 6.54 Å². The highest BCUT2D eigenvalue weighted by atomic mass is 16.5. The molecule has 1 aromatic carbocycles. The molecular formula is C15H21N3O2. The number of nitrogens with zero attached hydrogens (tertiary/aromatic N) is 2. The van der Waals surface area contributed by atoms with E-state index in [9.17, 15) is 0 Å². The Morgan fingerprint density at radius 1 is 1.20 bits per heavy atom. The van der Waals surface area contributed by atoms with Crippen LogP contribution in [0.5, 0.6) is 17.2 Å². The molecule has 0 aliphatic heterocycles. The average molecular weight is 275 g/mol. The number of hydrogen-bond donors (Lipinski definition) is 1. The maximum atomic E-state index is 5.87. The number of nitrogen functional groups attached to an aromatic ring is 1. The van der Waals surface area contributed by atoms with Gasteiger partial charge in [0.05, 0.1) is 24.7 Å². The van der Waals surface area contributed by atoms with Gasteiger partial charge in [0.25, 0.3) is 0 Å². The lowest BCUT2D eigenvalue weighted by atomic mass is 10.3. The van der Waals surface area contributed by atoms with Gasteiger partial charge in [-0.1, -0.05) is 13.8 Å². The monoisotopic (exact) mass is 275 g/mol. The SMILES string of the molecule is CCCOc1cc(Oc2cnn(CCC)c2)ccc1N. The Hall–Kier alpha value is -2.17. The molecule has 0 saturated carbocycles. The molecule has 2 N–H and O–H groups in total. The van der Waals surface area contributed by atoms with Crippen molar-refractivity contribution in [2.75, 3.05) is 12.3 Å².